The largest absolute Gasteiger partial charge is 0.469 e. The fraction of sp³-hybridized carbons (Fsp3) is 0.857. The molecule has 0 aliphatic carbocycles. The predicted octanol–water partition coefficient (Wildman–Crippen LogP) is 2.04. The molecule has 0 aromatic rings. The van der Waals surface area contributed by atoms with Gasteiger partial charge in [0.05, 0.1) is 7.11 Å². The number of rotatable bonds is 5. The number of carbonyl (C=O) groups excluding carboxylic acids is 1. The molecule has 0 aliphatic heterocycles. The molecule has 78 valence electrons. The SMILES string of the molecule is CCP(=O)(CC)[PH](=O)CC(=O)OC. The van der Waals surface area contributed by atoms with E-state index in [-0.39, 0.29) is 6.16 Å². The Morgan fingerprint density at radius 3 is 2.15 bits per heavy atom. The number of ether oxygens (including phenoxy) is 1. The van der Waals surface area contributed by atoms with Gasteiger partial charge in [0.1, 0.15) is 20.5 Å². The highest BCUT2D eigenvalue weighted by Crippen LogP contribution is 2.67. The number of hydrogen-bond donors (Lipinski definition) is 0. The zero-order chi connectivity index (χ0) is 10.5. The van der Waals surface area contributed by atoms with E-state index in [1.807, 2.05) is 0 Å². The average Bonchev–Trinajstić information content (AvgIpc) is 2.16. The molecule has 1 atom stereocenters. The van der Waals surface area contributed by atoms with Crippen molar-refractivity contribution >= 4 is 20.3 Å². The summed E-state index contributed by atoms with van der Waals surface area (Å²) in [5, 5.41) is 0. The molecule has 0 radical (unpaired) electrons. The molecule has 0 fully saturated rings. The normalized spacial score (nSPS) is 13.8. The molecule has 0 saturated carbocycles. The Balaban J connectivity index is 4.41. The van der Waals surface area contributed by atoms with Gasteiger partial charge in [0.15, 0.2) is 0 Å². The van der Waals surface area contributed by atoms with Crippen molar-refractivity contribution in [2.45, 2.75) is 13.8 Å². The molecule has 0 spiro atoms. The summed E-state index contributed by atoms with van der Waals surface area (Å²) in [6.07, 6.45) is 0.622. The van der Waals surface area contributed by atoms with Crippen LogP contribution in [0.25, 0.3) is 0 Å². The standard InChI is InChI=1S/C7H16O4P2/c1-4-13(10,5-2)12(9)6-7(8)11-3/h12H,4-6H2,1-3H3. The van der Waals surface area contributed by atoms with Crippen LogP contribution < -0.4 is 0 Å². The quantitative estimate of drug-likeness (QED) is 0.531. The molecule has 0 N–H and O–H groups in total. The smallest absolute Gasteiger partial charge is 0.313 e. The highest BCUT2D eigenvalue weighted by atomic mass is 32.1. The van der Waals surface area contributed by atoms with Crippen molar-refractivity contribution in [3.63, 3.8) is 0 Å². The maximum absolute atomic E-state index is 11.8. The van der Waals surface area contributed by atoms with Gasteiger partial charge in [-0.25, -0.2) is 0 Å². The van der Waals surface area contributed by atoms with Crippen LogP contribution in [0.1, 0.15) is 13.8 Å². The Bertz CT molecular complexity index is 241. The number of methoxy groups -OCH3 is 1. The Morgan fingerprint density at radius 2 is 1.85 bits per heavy atom. The van der Waals surface area contributed by atoms with Crippen molar-refractivity contribution in [2.75, 3.05) is 25.6 Å². The van der Waals surface area contributed by atoms with E-state index in [0.29, 0.717) is 12.3 Å². The first-order chi connectivity index (χ1) is 6.00. The molecule has 0 aromatic heterocycles. The number of carbonyl (C=O) groups is 1. The molecule has 0 amide bonds. The van der Waals surface area contributed by atoms with E-state index in [1.165, 1.54) is 7.11 Å². The lowest BCUT2D eigenvalue weighted by Gasteiger charge is -2.12. The van der Waals surface area contributed by atoms with Gasteiger partial charge in [-0.2, -0.15) is 0 Å². The summed E-state index contributed by atoms with van der Waals surface area (Å²) in [5.41, 5.74) is 0. The summed E-state index contributed by atoms with van der Waals surface area (Å²) in [4.78, 5) is 10.8. The van der Waals surface area contributed by atoms with Crippen LogP contribution in [0.15, 0.2) is 0 Å². The molecule has 13 heavy (non-hydrogen) atoms. The van der Waals surface area contributed by atoms with Crippen LogP contribution in [0.5, 0.6) is 0 Å². The van der Waals surface area contributed by atoms with Crippen LogP contribution in [-0.2, 0) is 18.7 Å². The van der Waals surface area contributed by atoms with Crippen LogP contribution in [0.2, 0.25) is 0 Å². The van der Waals surface area contributed by atoms with Crippen molar-refractivity contribution in [3.8, 4) is 0 Å². The maximum atomic E-state index is 11.8. The summed E-state index contributed by atoms with van der Waals surface area (Å²) in [6, 6.07) is 0. The lowest BCUT2D eigenvalue weighted by molar-refractivity contribution is -0.137. The Morgan fingerprint density at radius 1 is 1.38 bits per heavy atom. The van der Waals surface area contributed by atoms with Crippen LogP contribution in [0.3, 0.4) is 0 Å². The molecular weight excluding hydrogens is 210 g/mol. The van der Waals surface area contributed by atoms with Gasteiger partial charge in [-0.3, -0.25) is 4.79 Å². The van der Waals surface area contributed by atoms with E-state index in [9.17, 15) is 13.9 Å². The third-order valence-electron chi connectivity index (χ3n) is 2.00. The molecule has 0 aromatic carbocycles. The van der Waals surface area contributed by atoms with E-state index in [2.05, 4.69) is 4.74 Å². The van der Waals surface area contributed by atoms with Crippen LogP contribution in [-0.4, -0.2) is 31.6 Å². The summed E-state index contributed by atoms with van der Waals surface area (Å²) < 4.78 is 27.7. The maximum Gasteiger partial charge on any atom is 0.313 e. The first kappa shape index (κ1) is 12.9. The second-order valence-electron chi connectivity index (χ2n) is 2.67. The van der Waals surface area contributed by atoms with Crippen molar-refractivity contribution in [1.29, 1.82) is 0 Å². The molecule has 0 saturated heterocycles. The van der Waals surface area contributed by atoms with E-state index in [0.717, 1.165) is 0 Å². The number of esters is 1. The minimum absolute atomic E-state index is 0.180. The molecule has 0 bridgehead atoms. The second kappa shape index (κ2) is 5.62. The minimum Gasteiger partial charge on any atom is -0.469 e. The van der Waals surface area contributed by atoms with Gasteiger partial charge >= 0.3 is 5.97 Å². The topological polar surface area (TPSA) is 60.4 Å². The van der Waals surface area contributed by atoms with E-state index >= 15 is 0 Å². The van der Waals surface area contributed by atoms with Crippen LogP contribution >= 0.6 is 14.3 Å². The zero-order valence-electron chi connectivity index (χ0n) is 8.20. The fourth-order valence-corrected chi connectivity index (χ4v) is 6.12. The molecule has 0 heterocycles. The van der Waals surface area contributed by atoms with E-state index in [1.54, 1.807) is 13.8 Å². The van der Waals surface area contributed by atoms with Crippen molar-refractivity contribution in [1.82, 2.24) is 0 Å². The Kier molecular flexibility index (Phi) is 5.59. The molecular formula is C7H16O4P2. The van der Waals surface area contributed by atoms with Gasteiger partial charge in [-0.1, -0.05) is 13.8 Å². The Labute approximate surface area is 79.1 Å². The molecule has 6 heteroatoms. The fourth-order valence-electron chi connectivity index (χ4n) is 0.916. The van der Waals surface area contributed by atoms with Gasteiger partial charge in [0.25, 0.3) is 0 Å². The lowest BCUT2D eigenvalue weighted by Crippen LogP contribution is -2.03. The zero-order valence-corrected chi connectivity index (χ0v) is 10.1. The third kappa shape index (κ3) is 3.66. The summed E-state index contributed by atoms with van der Waals surface area (Å²) in [6.45, 7) is 0.887. The minimum atomic E-state index is -2.59. The first-order valence-corrected chi connectivity index (χ1v) is 8.71. The summed E-state index contributed by atoms with van der Waals surface area (Å²) in [7, 11) is -1.07. The Hall–Kier alpha value is -0.0700. The molecule has 0 rings (SSSR count). The van der Waals surface area contributed by atoms with Crippen LogP contribution in [0.4, 0.5) is 0 Å². The second-order valence-corrected chi connectivity index (χ2v) is 10.8. The highest BCUT2D eigenvalue weighted by Gasteiger charge is 2.27. The van der Waals surface area contributed by atoms with Crippen molar-refractivity contribution in [3.05, 3.63) is 0 Å². The van der Waals surface area contributed by atoms with Gasteiger partial charge in [0, 0.05) is 12.3 Å². The van der Waals surface area contributed by atoms with Crippen molar-refractivity contribution in [2.24, 2.45) is 0 Å². The summed E-state index contributed by atoms with van der Waals surface area (Å²) in [5.74, 6) is -0.536. The average molecular weight is 226 g/mol. The van der Waals surface area contributed by atoms with Crippen molar-refractivity contribution < 1.29 is 18.7 Å². The molecule has 1 unspecified atom stereocenters. The van der Waals surface area contributed by atoms with Gasteiger partial charge in [-0.15, -0.1) is 0 Å². The molecule has 4 nitrogen and oxygen atoms in total. The van der Waals surface area contributed by atoms with E-state index < -0.39 is 20.3 Å². The number of hydrogen-bond acceptors (Lipinski definition) is 4. The molecule has 0 aliphatic rings. The lowest BCUT2D eigenvalue weighted by atomic mass is 10.8. The monoisotopic (exact) mass is 226 g/mol. The first-order valence-electron chi connectivity index (χ1n) is 4.18. The van der Waals surface area contributed by atoms with E-state index in [4.69, 9.17) is 0 Å². The highest BCUT2D eigenvalue weighted by molar-refractivity contribution is 8.27. The van der Waals surface area contributed by atoms with Gasteiger partial charge in [-0.05, 0) is 0 Å². The van der Waals surface area contributed by atoms with Gasteiger partial charge in [0.2, 0.25) is 0 Å². The third-order valence-corrected chi connectivity index (χ3v) is 10.6. The summed E-state index contributed by atoms with van der Waals surface area (Å²) >= 11 is 0. The van der Waals surface area contributed by atoms with Crippen LogP contribution in [0, 0.1) is 0 Å². The van der Waals surface area contributed by atoms with Gasteiger partial charge < -0.3 is 13.9 Å². The predicted molar refractivity (Wildman–Crippen MR) is 54.6 cm³/mol.